The van der Waals surface area contributed by atoms with E-state index in [9.17, 15) is 9.59 Å². The van der Waals surface area contributed by atoms with E-state index in [0.717, 1.165) is 25.7 Å². The molecule has 1 saturated heterocycles. The van der Waals surface area contributed by atoms with Gasteiger partial charge in [-0.25, -0.2) is 0 Å². The van der Waals surface area contributed by atoms with Crippen LogP contribution in [0.25, 0.3) is 0 Å². The third kappa shape index (κ3) is 5.35. The highest BCUT2D eigenvalue weighted by molar-refractivity contribution is 5.95. The van der Waals surface area contributed by atoms with Gasteiger partial charge >= 0.3 is 0 Å². The van der Waals surface area contributed by atoms with Gasteiger partial charge in [0.05, 0.1) is 5.92 Å². The number of carbonyl (C=O) groups is 2. The Balaban J connectivity index is 1.99. The smallest absolute Gasteiger partial charge is 0.254 e. The van der Waals surface area contributed by atoms with E-state index in [1.54, 1.807) is 30.3 Å². The second-order valence-electron chi connectivity index (χ2n) is 6.85. The normalized spacial score (nSPS) is 19.7. The Morgan fingerprint density at radius 2 is 2.04 bits per heavy atom. The summed E-state index contributed by atoms with van der Waals surface area (Å²) in [5, 5.41) is 2.99. The zero-order valence-electron chi connectivity index (χ0n) is 15.9. The molecule has 2 atom stereocenters. The molecule has 5 nitrogen and oxygen atoms in total. The van der Waals surface area contributed by atoms with Gasteiger partial charge in [-0.05, 0) is 50.5 Å². The van der Waals surface area contributed by atoms with Crippen molar-refractivity contribution >= 4 is 11.8 Å². The van der Waals surface area contributed by atoms with Crippen LogP contribution in [0.4, 0.5) is 0 Å². The Kier molecular flexibility index (Phi) is 7.70. The van der Waals surface area contributed by atoms with E-state index in [1.165, 1.54) is 0 Å². The average molecular weight is 358 g/mol. The Hall–Kier alpha value is -2.30. The van der Waals surface area contributed by atoms with Crippen molar-refractivity contribution in [2.45, 2.75) is 45.6 Å². The number of piperidine rings is 1. The Morgan fingerprint density at radius 1 is 1.31 bits per heavy atom. The maximum Gasteiger partial charge on any atom is 0.254 e. The number of nitrogens with zero attached hydrogens (tertiary/aromatic N) is 1. The summed E-state index contributed by atoms with van der Waals surface area (Å²) in [6, 6.07) is 7.27. The van der Waals surface area contributed by atoms with Crippen LogP contribution in [0.1, 0.15) is 49.9 Å². The van der Waals surface area contributed by atoms with Gasteiger partial charge in [0, 0.05) is 24.7 Å². The molecule has 142 valence electrons. The minimum absolute atomic E-state index is 0.0289. The van der Waals surface area contributed by atoms with Crippen molar-refractivity contribution in [3.05, 3.63) is 42.5 Å². The molecule has 0 aromatic heterocycles. The number of carbonyl (C=O) groups excluding carboxylic acids is 2. The number of ether oxygens (including phenoxy) is 1. The van der Waals surface area contributed by atoms with E-state index in [1.807, 2.05) is 11.8 Å². The maximum atomic E-state index is 12.9. The number of hydrogen-bond donors (Lipinski definition) is 1. The van der Waals surface area contributed by atoms with Crippen molar-refractivity contribution in [1.82, 2.24) is 10.2 Å². The van der Waals surface area contributed by atoms with Crippen LogP contribution in [0, 0.1) is 5.92 Å². The minimum atomic E-state index is -0.123. The lowest BCUT2D eigenvalue weighted by atomic mass is 9.92. The van der Waals surface area contributed by atoms with Gasteiger partial charge in [0.15, 0.2) is 0 Å². The van der Waals surface area contributed by atoms with Crippen LogP contribution in [-0.2, 0) is 4.79 Å². The summed E-state index contributed by atoms with van der Waals surface area (Å²) in [6.45, 7) is 9.39. The summed E-state index contributed by atoms with van der Waals surface area (Å²) in [6.07, 6.45) is 5.40. The second-order valence-corrected chi connectivity index (χ2v) is 6.85. The molecular formula is C21H30N2O3. The van der Waals surface area contributed by atoms with Crippen molar-refractivity contribution < 1.29 is 14.3 Å². The highest BCUT2D eigenvalue weighted by Gasteiger charge is 2.32. The van der Waals surface area contributed by atoms with Crippen molar-refractivity contribution in [3.63, 3.8) is 0 Å². The lowest BCUT2D eigenvalue weighted by Gasteiger charge is -2.37. The molecular weight excluding hydrogens is 328 g/mol. The average Bonchev–Trinajstić information content (AvgIpc) is 2.66. The van der Waals surface area contributed by atoms with Gasteiger partial charge in [-0.2, -0.15) is 0 Å². The fourth-order valence-corrected chi connectivity index (χ4v) is 3.15. The molecule has 0 bridgehead atoms. The topological polar surface area (TPSA) is 58.6 Å². The lowest BCUT2D eigenvalue weighted by molar-refractivity contribution is -0.126. The van der Waals surface area contributed by atoms with Gasteiger partial charge in [0.1, 0.15) is 12.4 Å². The van der Waals surface area contributed by atoms with Gasteiger partial charge in [-0.1, -0.05) is 26.0 Å². The Labute approximate surface area is 156 Å². The Bertz CT molecular complexity index is 612. The summed E-state index contributed by atoms with van der Waals surface area (Å²) in [5.74, 6) is 0.624. The van der Waals surface area contributed by atoms with Gasteiger partial charge < -0.3 is 15.0 Å². The molecule has 1 aromatic rings. The molecule has 2 rings (SSSR count). The first kappa shape index (κ1) is 20.0. The fraction of sp³-hybridized carbons (Fsp3) is 0.524. The van der Waals surface area contributed by atoms with Gasteiger partial charge in [-0.3, -0.25) is 9.59 Å². The molecule has 2 amide bonds. The third-order valence-corrected chi connectivity index (χ3v) is 4.81. The first-order valence-corrected chi connectivity index (χ1v) is 9.49. The summed E-state index contributed by atoms with van der Waals surface area (Å²) in [5.41, 5.74) is 0.620. The number of unbranched alkanes of at least 4 members (excludes halogenated alkanes) is 1. The van der Waals surface area contributed by atoms with Crippen molar-refractivity contribution in [1.29, 1.82) is 0 Å². The van der Waals surface area contributed by atoms with Gasteiger partial charge in [0.2, 0.25) is 5.91 Å². The SMILES string of the molecule is C=CCOc1ccc(C(=O)N2CC(C(=O)NCCCC)CCC2C)cc1. The molecule has 1 N–H and O–H groups in total. The Morgan fingerprint density at radius 3 is 2.69 bits per heavy atom. The van der Waals surface area contributed by atoms with Gasteiger partial charge in [-0.15, -0.1) is 0 Å². The van der Waals surface area contributed by atoms with Crippen LogP contribution in [0.2, 0.25) is 0 Å². The van der Waals surface area contributed by atoms with Crippen LogP contribution < -0.4 is 10.1 Å². The number of likely N-dealkylation sites (tertiary alicyclic amines) is 1. The zero-order chi connectivity index (χ0) is 18.9. The quantitative estimate of drug-likeness (QED) is 0.572. The molecule has 0 spiro atoms. The van der Waals surface area contributed by atoms with Crippen molar-refractivity contribution in [2.75, 3.05) is 19.7 Å². The van der Waals surface area contributed by atoms with E-state index in [0.29, 0.717) is 31.0 Å². The van der Waals surface area contributed by atoms with E-state index >= 15 is 0 Å². The number of hydrogen-bond acceptors (Lipinski definition) is 3. The van der Waals surface area contributed by atoms with Crippen LogP contribution in [0.5, 0.6) is 5.75 Å². The number of amides is 2. The molecule has 0 aliphatic carbocycles. The van der Waals surface area contributed by atoms with Crippen molar-refractivity contribution in [3.8, 4) is 5.75 Å². The predicted octanol–water partition coefficient (Wildman–Crippen LogP) is 3.41. The van der Waals surface area contributed by atoms with Crippen molar-refractivity contribution in [2.24, 2.45) is 5.92 Å². The number of nitrogens with one attached hydrogen (secondary N) is 1. The molecule has 1 aromatic carbocycles. The molecule has 1 fully saturated rings. The number of benzene rings is 1. The highest BCUT2D eigenvalue weighted by Crippen LogP contribution is 2.24. The highest BCUT2D eigenvalue weighted by atomic mass is 16.5. The molecule has 26 heavy (non-hydrogen) atoms. The first-order valence-electron chi connectivity index (χ1n) is 9.49. The molecule has 5 heteroatoms. The summed E-state index contributed by atoms with van der Waals surface area (Å²) < 4.78 is 5.46. The standard InChI is InChI=1S/C21H30N2O3/c1-4-6-13-22-20(24)18-8-7-16(3)23(15-18)21(25)17-9-11-19(12-10-17)26-14-5-2/h5,9-12,16,18H,2,4,6-8,13-15H2,1,3H3,(H,22,24). The minimum Gasteiger partial charge on any atom is -0.490 e. The molecule has 0 radical (unpaired) electrons. The van der Waals surface area contributed by atoms with Crippen LogP contribution in [0.3, 0.4) is 0 Å². The summed E-state index contributed by atoms with van der Waals surface area (Å²) >= 11 is 0. The largest absolute Gasteiger partial charge is 0.490 e. The molecule has 1 aliphatic rings. The maximum absolute atomic E-state index is 12.9. The summed E-state index contributed by atoms with van der Waals surface area (Å²) in [4.78, 5) is 27.1. The predicted molar refractivity (Wildman–Crippen MR) is 103 cm³/mol. The fourth-order valence-electron chi connectivity index (χ4n) is 3.15. The van der Waals surface area contributed by atoms with E-state index in [-0.39, 0.29) is 23.8 Å². The number of rotatable bonds is 8. The molecule has 1 heterocycles. The lowest BCUT2D eigenvalue weighted by Crippen LogP contribution is -2.49. The third-order valence-electron chi connectivity index (χ3n) is 4.81. The second kappa shape index (κ2) is 10.00. The van der Waals surface area contributed by atoms with E-state index in [4.69, 9.17) is 4.74 Å². The summed E-state index contributed by atoms with van der Waals surface area (Å²) in [7, 11) is 0. The van der Waals surface area contributed by atoms with E-state index in [2.05, 4.69) is 18.8 Å². The molecule has 1 aliphatic heterocycles. The molecule has 0 saturated carbocycles. The van der Waals surface area contributed by atoms with E-state index < -0.39 is 0 Å². The molecule has 2 unspecified atom stereocenters. The monoisotopic (exact) mass is 358 g/mol. The zero-order valence-corrected chi connectivity index (χ0v) is 15.9. The first-order chi connectivity index (χ1) is 12.6. The van der Waals surface area contributed by atoms with Crippen LogP contribution in [-0.4, -0.2) is 42.5 Å². The van der Waals surface area contributed by atoms with Crippen LogP contribution >= 0.6 is 0 Å². The van der Waals surface area contributed by atoms with Gasteiger partial charge in [0.25, 0.3) is 5.91 Å². The van der Waals surface area contributed by atoms with Crippen LogP contribution in [0.15, 0.2) is 36.9 Å².